The molecule has 1 aliphatic carbocycles. The molecule has 0 amide bonds. The molecule has 0 radical (unpaired) electrons. The SMILES string of the molecule is CCC1CCC(C(Cc2nc3ccccc3n2C)NC)C1. The molecule has 3 heteroatoms. The lowest BCUT2D eigenvalue weighted by molar-refractivity contribution is 0.355. The fraction of sp³-hybridized carbons (Fsp3) is 0.611. The van der Waals surface area contributed by atoms with Crippen molar-refractivity contribution in [3.8, 4) is 0 Å². The quantitative estimate of drug-likeness (QED) is 0.911. The van der Waals surface area contributed by atoms with E-state index in [1.807, 2.05) is 0 Å². The normalized spacial score (nSPS) is 23.8. The molecule has 1 fully saturated rings. The van der Waals surface area contributed by atoms with E-state index in [1.165, 1.54) is 37.0 Å². The van der Waals surface area contributed by atoms with E-state index in [0.717, 1.165) is 23.8 Å². The van der Waals surface area contributed by atoms with Gasteiger partial charge in [0.05, 0.1) is 11.0 Å². The predicted molar refractivity (Wildman–Crippen MR) is 88.4 cm³/mol. The molecule has 2 aromatic rings. The molecule has 3 atom stereocenters. The zero-order valence-electron chi connectivity index (χ0n) is 13.5. The van der Waals surface area contributed by atoms with Crippen molar-refractivity contribution >= 4 is 11.0 Å². The van der Waals surface area contributed by atoms with E-state index in [9.17, 15) is 0 Å². The zero-order chi connectivity index (χ0) is 14.8. The second-order valence-corrected chi connectivity index (χ2v) is 6.52. The molecule has 3 nitrogen and oxygen atoms in total. The molecule has 21 heavy (non-hydrogen) atoms. The van der Waals surface area contributed by atoms with E-state index in [1.54, 1.807) is 0 Å². The number of fused-ring (bicyclic) bond motifs is 1. The maximum Gasteiger partial charge on any atom is 0.111 e. The first-order valence-corrected chi connectivity index (χ1v) is 8.30. The summed E-state index contributed by atoms with van der Waals surface area (Å²) in [5.41, 5.74) is 2.35. The van der Waals surface area contributed by atoms with Crippen molar-refractivity contribution in [3.05, 3.63) is 30.1 Å². The van der Waals surface area contributed by atoms with Gasteiger partial charge in [-0.15, -0.1) is 0 Å². The molecule has 1 heterocycles. The van der Waals surface area contributed by atoms with Crippen molar-refractivity contribution in [1.82, 2.24) is 14.9 Å². The van der Waals surface area contributed by atoms with E-state index >= 15 is 0 Å². The van der Waals surface area contributed by atoms with E-state index in [2.05, 4.69) is 55.2 Å². The number of hydrogen-bond acceptors (Lipinski definition) is 2. The Hall–Kier alpha value is -1.35. The van der Waals surface area contributed by atoms with Crippen LogP contribution in [-0.4, -0.2) is 22.6 Å². The molecule has 0 aliphatic heterocycles. The Bertz CT molecular complexity index is 602. The largest absolute Gasteiger partial charge is 0.331 e. The molecule has 0 bridgehead atoms. The highest BCUT2D eigenvalue weighted by Gasteiger charge is 2.30. The highest BCUT2D eigenvalue weighted by atomic mass is 15.1. The monoisotopic (exact) mass is 285 g/mol. The van der Waals surface area contributed by atoms with Gasteiger partial charge in [0.25, 0.3) is 0 Å². The van der Waals surface area contributed by atoms with Gasteiger partial charge in [-0.3, -0.25) is 0 Å². The molecule has 1 aromatic heterocycles. The van der Waals surface area contributed by atoms with E-state index in [-0.39, 0.29) is 0 Å². The number of nitrogens with zero attached hydrogens (tertiary/aromatic N) is 2. The van der Waals surface area contributed by atoms with Gasteiger partial charge in [-0.1, -0.05) is 31.9 Å². The van der Waals surface area contributed by atoms with Crippen LogP contribution in [0.4, 0.5) is 0 Å². The van der Waals surface area contributed by atoms with Gasteiger partial charge in [0.2, 0.25) is 0 Å². The standard InChI is InChI=1S/C18H27N3/c1-4-13-9-10-14(11-13)16(19-2)12-18-20-15-7-5-6-8-17(15)21(18)3/h5-8,13-14,16,19H,4,9-12H2,1-3H3. The Labute approximate surface area is 127 Å². The molecule has 114 valence electrons. The number of hydrogen-bond donors (Lipinski definition) is 1. The summed E-state index contributed by atoms with van der Waals surface area (Å²) in [6, 6.07) is 8.97. The summed E-state index contributed by atoms with van der Waals surface area (Å²) < 4.78 is 2.26. The lowest BCUT2D eigenvalue weighted by atomic mass is 9.93. The third kappa shape index (κ3) is 2.84. The Balaban J connectivity index is 1.78. The zero-order valence-corrected chi connectivity index (χ0v) is 13.5. The molecule has 3 unspecified atom stereocenters. The number of aryl methyl sites for hydroxylation is 1. The third-order valence-corrected chi connectivity index (χ3v) is 5.38. The molecule has 1 aromatic carbocycles. The van der Waals surface area contributed by atoms with Crippen LogP contribution in [0.15, 0.2) is 24.3 Å². The van der Waals surface area contributed by atoms with Crippen LogP contribution in [-0.2, 0) is 13.5 Å². The summed E-state index contributed by atoms with van der Waals surface area (Å²) in [4.78, 5) is 4.83. The molecular formula is C18H27N3. The van der Waals surface area contributed by atoms with Crippen LogP contribution in [0.3, 0.4) is 0 Å². The molecule has 1 aliphatic rings. The van der Waals surface area contributed by atoms with Crippen molar-refractivity contribution < 1.29 is 0 Å². The summed E-state index contributed by atoms with van der Waals surface area (Å²) in [5.74, 6) is 2.95. The maximum absolute atomic E-state index is 4.83. The van der Waals surface area contributed by atoms with Crippen molar-refractivity contribution in [1.29, 1.82) is 0 Å². The summed E-state index contributed by atoms with van der Waals surface area (Å²) in [6.45, 7) is 2.33. The van der Waals surface area contributed by atoms with Gasteiger partial charge in [-0.2, -0.15) is 0 Å². The lowest BCUT2D eigenvalue weighted by Gasteiger charge is -2.23. The van der Waals surface area contributed by atoms with Crippen LogP contribution in [0.25, 0.3) is 11.0 Å². The highest BCUT2D eigenvalue weighted by molar-refractivity contribution is 5.75. The molecule has 1 saturated carbocycles. The van der Waals surface area contributed by atoms with Crippen LogP contribution in [0.5, 0.6) is 0 Å². The minimum atomic E-state index is 0.553. The summed E-state index contributed by atoms with van der Waals surface area (Å²) in [5, 5.41) is 3.56. The number of para-hydroxylation sites is 2. The van der Waals surface area contributed by atoms with Gasteiger partial charge < -0.3 is 9.88 Å². The smallest absolute Gasteiger partial charge is 0.111 e. The molecular weight excluding hydrogens is 258 g/mol. The predicted octanol–water partition coefficient (Wildman–Crippen LogP) is 3.53. The van der Waals surface area contributed by atoms with Crippen LogP contribution in [0.1, 0.15) is 38.4 Å². The maximum atomic E-state index is 4.83. The minimum Gasteiger partial charge on any atom is -0.331 e. The van der Waals surface area contributed by atoms with E-state index < -0.39 is 0 Å². The number of nitrogens with one attached hydrogen (secondary N) is 1. The van der Waals surface area contributed by atoms with Crippen molar-refractivity contribution in [3.63, 3.8) is 0 Å². The second-order valence-electron chi connectivity index (χ2n) is 6.52. The first kappa shape index (κ1) is 14.6. The molecule has 1 N–H and O–H groups in total. The van der Waals surface area contributed by atoms with Gasteiger partial charge in [-0.25, -0.2) is 4.98 Å². The minimum absolute atomic E-state index is 0.553. The van der Waals surface area contributed by atoms with Crippen molar-refractivity contribution in [2.75, 3.05) is 7.05 Å². The summed E-state index contributed by atoms with van der Waals surface area (Å²) in [6.07, 6.45) is 6.52. The van der Waals surface area contributed by atoms with Gasteiger partial charge in [-0.05, 0) is 43.9 Å². The van der Waals surface area contributed by atoms with Crippen molar-refractivity contribution in [2.45, 2.75) is 45.1 Å². The van der Waals surface area contributed by atoms with E-state index in [0.29, 0.717) is 6.04 Å². The second kappa shape index (κ2) is 6.18. The molecule has 0 saturated heterocycles. The topological polar surface area (TPSA) is 29.9 Å². The average molecular weight is 285 g/mol. The Morgan fingerprint density at radius 3 is 2.81 bits per heavy atom. The van der Waals surface area contributed by atoms with Gasteiger partial charge >= 0.3 is 0 Å². The van der Waals surface area contributed by atoms with Crippen LogP contribution >= 0.6 is 0 Å². The first-order valence-electron chi connectivity index (χ1n) is 8.30. The van der Waals surface area contributed by atoms with Gasteiger partial charge in [0.15, 0.2) is 0 Å². The van der Waals surface area contributed by atoms with Crippen LogP contribution in [0.2, 0.25) is 0 Å². The number of likely N-dealkylation sites (N-methyl/N-ethyl adjacent to an activating group) is 1. The number of benzene rings is 1. The van der Waals surface area contributed by atoms with Crippen molar-refractivity contribution in [2.24, 2.45) is 18.9 Å². The summed E-state index contributed by atoms with van der Waals surface area (Å²) >= 11 is 0. The number of imidazole rings is 1. The Kier molecular flexibility index (Phi) is 4.29. The summed E-state index contributed by atoms with van der Waals surface area (Å²) in [7, 11) is 4.24. The van der Waals surface area contributed by atoms with Gasteiger partial charge in [0, 0.05) is 19.5 Å². The fourth-order valence-electron chi connectivity index (χ4n) is 3.93. The van der Waals surface area contributed by atoms with Crippen LogP contribution in [0, 0.1) is 11.8 Å². The average Bonchev–Trinajstić information content (AvgIpc) is 3.10. The first-order chi connectivity index (χ1) is 10.2. The fourth-order valence-corrected chi connectivity index (χ4v) is 3.93. The number of aromatic nitrogens is 2. The lowest BCUT2D eigenvalue weighted by Crippen LogP contribution is -2.35. The van der Waals surface area contributed by atoms with Gasteiger partial charge in [0.1, 0.15) is 5.82 Å². The third-order valence-electron chi connectivity index (χ3n) is 5.38. The molecule has 0 spiro atoms. The van der Waals surface area contributed by atoms with Crippen LogP contribution < -0.4 is 5.32 Å². The number of rotatable bonds is 5. The highest BCUT2D eigenvalue weighted by Crippen LogP contribution is 2.35. The Morgan fingerprint density at radius 1 is 1.33 bits per heavy atom. The van der Waals surface area contributed by atoms with E-state index in [4.69, 9.17) is 4.98 Å². The Morgan fingerprint density at radius 2 is 2.14 bits per heavy atom. The molecule has 3 rings (SSSR count).